The van der Waals surface area contributed by atoms with Crippen molar-refractivity contribution in [1.29, 1.82) is 0 Å². The van der Waals surface area contributed by atoms with Crippen LogP contribution in [0.25, 0.3) is 0 Å². The predicted octanol–water partition coefficient (Wildman–Crippen LogP) is 4.49. The molecule has 146 valence electrons. The van der Waals surface area contributed by atoms with Crippen LogP contribution in [0.1, 0.15) is 59.6 Å². The van der Waals surface area contributed by atoms with Crippen molar-refractivity contribution < 1.29 is 14.3 Å². The highest BCUT2D eigenvalue weighted by molar-refractivity contribution is 9.10. The molecule has 0 fully saturated rings. The van der Waals surface area contributed by atoms with E-state index in [4.69, 9.17) is 4.74 Å². The number of hydrogen-bond acceptors (Lipinski definition) is 5. The molecular formula is C19H24BrN3O3S. The molecule has 2 aromatic rings. The summed E-state index contributed by atoms with van der Waals surface area (Å²) in [5.74, 6) is -0.468. The number of nitrogens with one attached hydrogen (secondary N) is 1. The minimum atomic E-state index is -0.341. The summed E-state index contributed by atoms with van der Waals surface area (Å²) in [6.07, 6.45) is 5.82. The van der Waals surface area contributed by atoms with Gasteiger partial charge in [-0.05, 0) is 67.9 Å². The molecule has 0 aliphatic heterocycles. The minimum Gasteiger partial charge on any atom is -0.459 e. The molecule has 2 heterocycles. The Balaban J connectivity index is 1.75. The molecule has 6 nitrogen and oxygen atoms in total. The molecule has 0 bridgehead atoms. The molecule has 0 saturated carbocycles. The van der Waals surface area contributed by atoms with Gasteiger partial charge in [-0.3, -0.25) is 9.48 Å². The van der Waals surface area contributed by atoms with Gasteiger partial charge in [-0.2, -0.15) is 5.10 Å². The molecule has 1 aliphatic carbocycles. The Morgan fingerprint density at radius 3 is 2.78 bits per heavy atom. The van der Waals surface area contributed by atoms with Crippen LogP contribution in [0.15, 0.2) is 10.7 Å². The first-order valence-corrected chi connectivity index (χ1v) is 10.8. The molecule has 1 amide bonds. The number of fused-ring (bicyclic) bond motifs is 1. The van der Waals surface area contributed by atoms with Crippen molar-refractivity contribution in [3.8, 4) is 0 Å². The molecule has 1 aliphatic rings. The van der Waals surface area contributed by atoms with Crippen LogP contribution in [-0.4, -0.2) is 27.8 Å². The second kappa shape index (κ2) is 8.56. The van der Waals surface area contributed by atoms with Crippen LogP contribution >= 0.6 is 27.3 Å². The van der Waals surface area contributed by atoms with Crippen LogP contribution in [-0.2, 0) is 28.9 Å². The third kappa shape index (κ3) is 4.60. The number of esters is 1. The number of anilines is 1. The molecule has 0 unspecified atom stereocenters. The van der Waals surface area contributed by atoms with Crippen LogP contribution in [0, 0.1) is 6.92 Å². The zero-order valence-electron chi connectivity index (χ0n) is 15.8. The molecule has 0 aromatic carbocycles. The summed E-state index contributed by atoms with van der Waals surface area (Å²) in [5, 5.41) is 7.81. The van der Waals surface area contributed by atoms with Crippen molar-refractivity contribution in [2.24, 2.45) is 0 Å². The first-order valence-electron chi connectivity index (χ1n) is 9.20. The van der Waals surface area contributed by atoms with Crippen molar-refractivity contribution in [1.82, 2.24) is 9.78 Å². The molecule has 2 aromatic heterocycles. The van der Waals surface area contributed by atoms with E-state index in [0.29, 0.717) is 17.1 Å². The van der Waals surface area contributed by atoms with E-state index in [1.54, 1.807) is 10.9 Å². The maximum absolute atomic E-state index is 12.6. The van der Waals surface area contributed by atoms with E-state index >= 15 is 0 Å². The van der Waals surface area contributed by atoms with Gasteiger partial charge in [-0.25, -0.2) is 4.79 Å². The van der Waals surface area contributed by atoms with E-state index in [1.165, 1.54) is 16.2 Å². The van der Waals surface area contributed by atoms with Gasteiger partial charge in [0.15, 0.2) is 0 Å². The summed E-state index contributed by atoms with van der Waals surface area (Å²) < 4.78 is 8.14. The number of ether oxygens (including phenoxy) is 1. The molecular weight excluding hydrogens is 430 g/mol. The number of aromatic nitrogens is 2. The van der Waals surface area contributed by atoms with E-state index in [1.807, 2.05) is 20.8 Å². The summed E-state index contributed by atoms with van der Waals surface area (Å²) in [5.41, 5.74) is 2.59. The number of halogens is 1. The van der Waals surface area contributed by atoms with Gasteiger partial charge in [0.05, 0.1) is 28.9 Å². The Hall–Kier alpha value is -1.67. The predicted molar refractivity (Wildman–Crippen MR) is 109 cm³/mol. The van der Waals surface area contributed by atoms with Gasteiger partial charge in [-0.15, -0.1) is 11.3 Å². The summed E-state index contributed by atoms with van der Waals surface area (Å²) >= 11 is 4.93. The van der Waals surface area contributed by atoms with Gasteiger partial charge < -0.3 is 10.1 Å². The van der Waals surface area contributed by atoms with E-state index < -0.39 is 0 Å². The first kappa shape index (κ1) is 20.1. The van der Waals surface area contributed by atoms with E-state index in [0.717, 1.165) is 41.4 Å². The lowest BCUT2D eigenvalue weighted by Crippen LogP contribution is -2.19. The quantitative estimate of drug-likeness (QED) is 0.653. The molecule has 0 radical (unpaired) electrons. The maximum atomic E-state index is 12.6. The largest absolute Gasteiger partial charge is 0.459 e. The monoisotopic (exact) mass is 453 g/mol. The van der Waals surface area contributed by atoms with Crippen LogP contribution in [0.4, 0.5) is 5.00 Å². The van der Waals surface area contributed by atoms with E-state index in [2.05, 4.69) is 26.3 Å². The van der Waals surface area contributed by atoms with Gasteiger partial charge in [0, 0.05) is 17.0 Å². The lowest BCUT2D eigenvalue weighted by Gasteiger charge is -2.14. The van der Waals surface area contributed by atoms with Crippen molar-refractivity contribution in [2.75, 3.05) is 5.32 Å². The number of amides is 1. The second-order valence-corrected chi connectivity index (χ2v) is 8.93. The third-order valence-corrected chi connectivity index (χ3v) is 6.55. The van der Waals surface area contributed by atoms with Crippen LogP contribution < -0.4 is 5.32 Å². The third-order valence-electron chi connectivity index (χ3n) is 4.57. The Morgan fingerprint density at radius 1 is 1.37 bits per heavy atom. The lowest BCUT2D eigenvalue weighted by atomic mass is 9.95. The zero-order valence-corrected chi connectivity index (χ0v) is 18.2. The highest BCUT2D eigenvalue weighted by atomic mass is 79.9. The van der Waals surface area contributed by atoms with Crippen molar-refractivity contribution in [3.63, 3.8) is 0 Å². The number of rotatable bonds is 6. The second-order valence-electron chi connectivity index (χ2n) is 6.97. The van der Waals surface area contributed by atoms with Gasteiger partial charge in [0.25, 0.3) is 0 Å². The number of aryl methyl sites for hydroxylation is 2. The Labute approximate surface area is 171 Å². The molecule has 27 heavy (non-hydrogen) atoms. The van der Waals surface area contributed by atoms with Gasteiger partial charge >= 0.3 is 5.97 Å². The smallest absolute Gasteiger partial charge is 0.341 e. The normalized spacial score (nSPS) is 13.5. The molecule has 1 N–H and O–H groups in total. The van der Waals surface area contributed by atoms with E-state index in [-0.39, 0.29) is 24.4 Å². The summed E-state index contributed by atoms with van der Waals surface area (Å²) in [7, 11) is 0. The lowest BCUT2D eigenvalue weighted by molar-refractivity contribution is -0.116. The number of carbonyl (C=O) groups excluding carboxylic acids is 2. The molecule has 0 atom stereocenters. The number of hydrogen-bond donors (Lipinski definition) is 1. The minimum absolute atomic E-state index is 0.127. The summed E-state index contributed by atoms with van der Waals surface area (Å²) in [6, 6.07) is 0. The standard InChI is InChI=1S/C19H24BrN3O3S/c1-11(2)26-19(25)17-13-6-4-5-7-15(13)27-18(17)22-16(24)8-9-23-12(3)14(20)10-21-23/h10-11H,4-9H2,1-3H3,(H,22,24). The topological polar surface area (TPSA) is 73.2 Å². The SMILES string of the molecule is Cc1c(Br)cnn1CCC(=O)Nc1sc2c(c1C(=O)OC(C)C)CCCC2. The number of thiophene rings is 1. The van der Waals surface area contributed by atoms with Gasteiger partial charge in [0.1, 0.15) is 5.00 Å². The average molecular weight is 454 g/mol. The molecule has 8 heteroatoms. The molecule has 3 rings (SSSR count). The van der Waals surface area contributed by atoms with Crippen LogP contribution in [0.2, 0.25) is 0 Å². The number of nitrogens with zero attached hydrogens (tertiary/aromatic N) is 2. The molecule has 0 saturated heterocycles. The fraction of sp³-hybridized carbons (Fsp3) is 0.526. The van der Waals surface area contributed by atoms with Gasteiger partial charge in [-0.1, -0.05) is 0 Å². The Morgan fingerprint density at radius 2 is 2.11 bits per heavy atom. The number of carbonyl (C=O) groups is 2. The summed E-state index contributed by atoms with van der Waals surface area (Å²) in [4.78, 5) is 26.3. The van der Waals surface area contributed by atoms with Crippen molar-refractivity contribution in [3.05, 3.63) is 32.4 Å². The highest BCUT2D eigenvalue weighted by Crippen LogP contribution is 2.38. The van der Waals surface area contributed by atoms with Crippen molar-refractivity contribution in [2.45, 2.75) is 65.5 Å². The van der Waals surface area contributed by atoms with E-state index in [9.17, 15) is 9.59 Å². The van der Waals surface area contributed by atoms with Crippen LogP contribution in [0.3, 0.4) is 0 Å². The highest BCUT2D eigenvalue weighted by Gasteiger charge is 2.27. The first-order chi connectivity index (χ1) is 12.9. The average Bonchev–Trinajstić information content (AvgIpc) is 3.13. The molecule has 0 spiro atoms. The van der Waals surface area contributed by atoms with Crippen molar-refractivity contribution >= 4 is 44.1 Å². The Kier molecular flexibility index (Phi) is 6.37. The van der Waals surface area contributed by atoms with Crippen LogP contribution in [0.5, 0.6) is 0 Å². The Bertz CT molecular complexity index is 857. The van der Waals surface area contributed by atoms with Gasteiger partial charge in [0.2, 0.25) is 5.91 Å². The zero-order chi connectivity index (χ0) is 19.6. The fourth-order valence-corrected chi connectivity index (χ4v) is 4.78. The fourth-order valence-electron chi connectivity index (χ4n) is 3.19. The maximum Gasteiger partial charge on any atom is 0.341 e. The summed E-state index contributed by atoms with van der Waals surface area (Å²) in [6.45, 7) is 6.10.